The Kier molecular flexibility index (Phi) is 4.01. The number of carbonyl (C=O) groups excluding carboxylic acids is 2. The van der Waals surface area contributed by atoms with Gasteiger partial charge in [0.05, 0.1) is 10.6 Å². The van der Waals surface area contributed by atoms with Gasteiger partial charge >= 0.3 is 0 Å². The molecule has 0 saturated carbocycles. The Bertz CT molecular complexity index is 947. The summed E-state index contributed by atoms with van der Waals surface area (Å²) in [6.45, 7) is 3.21. The zero-order valence-corrected chi connectivity index (χ0v) is 14.3. The van der Waals surface area contributed by atoms with Crippen molar-refractivity contribution in [2.45, 2.75) is 25.2 Å². The van der Waals surface area contributed by atoms with Crippen LogP contribution in [0.4, 0.5) is 5.69 Å². The van der Waals surface area contributed by atoms with Crippen molar-refractivity contribution in [2.75, 3.05) is 10.8 Å². The first-order chi connectivity index (χ1) is 11.3. The molecule has 0 amide bonds. The molecule has 124 valence electrons. The Morgan fingerprint density at radius 3 is 2.29 bits per heavy atom. The number of benzene rings is 2. The second-order valence-corrected chi connectivity index (χ2v) is 7.67. The highest BCUT2D eigenvalue weighted by atomic mass is 32.2. The van der Waals surface area contributed by atoms with Crippen LogP contribution in [0.1, 0.15) is 40.1 Å². The van der Waals surface area contributed by atoms with Gasteiger partial charge in [-0.15, -0.1) is 0 Å². The van der Waals surface area contributed by atoms with Crippen LogP contribution in [0.3, 0.4) is 0 Å². The van der Waals surface area contributed by atoms with Gasteiger partial charge in [-0.25, -0.2) is 8.42 Å². The summed E-state index contributed by atoms with van der Waals surface area (Å²) < 4.78 is 27.2. The quantitative estimate of drug-likeness (QED) is 0.800. The maximum atomic E-state index is 12.9. The molecule has 5 nitrogen and oxygen atoms in total. The molecule has 1 aliphatic heterocycles. The lowest BCUT2D eigenvalue weighted by Gasteiger charge is -2.20. The van der Waals surface area contributed by atoms with Gasteiger partial charge in [0.15, 0.2) is 11.6 Å². The van der Waals surface area contributed by atoms with E-state index >= 15 is 0 Å². The Labute approximate surface area is 141 Å². The van der Waals surface area contributed by atoms with Gasteiger partial charge < -0.3 is 0 Å². The Morgan fingerprint density at radius 2 is 1.62 bits per heavy atom. The molecule has 0 aromatic heterocycles. The minimum atomic E-state index is -3.75. The molecule has 2 aromatic carbocycles. The molecule has 3 rings (SSSR count). The second kappa shape index (κ2) is 5.87. The van der Waals surface area contributed by atoms with E-state index in [-0.39, 0.29) is 16.5 Å². The van der Waals surface area contributed by atoms with Gasteiger partial charge in [0.1, 0.15) is 0 Å². The van der Waals surface area contributed by atoms with E-state index in [1.807, 2.05) is 0 Å². The summed E-state index contributed by atoms with van der Waals surface area (Å²) in [4.78, 5) is 23.1. The van der Waals surface area contributed by atoms with Gasteiger partial charge in [0.2, 0.25) is 0 Å². The lowest BCUT2D eigenvalue weighted by Crippen LogP contribution is -2.29. The van der Waals surface area contributed by atoms with E-state index in [9.17, 15) is 18.0 Å². The Hall–Kier alpha value is -2.47. The van der Waals surface area contributed by atoms with Crippen LogP contribution in [0.15, 0.2) is 47.4 Å². The number of fused-ring (bicyclic) bond motifs is 1. The molecule has 0 fully saturated rings. The number of nitrogens with zero attached hydrogens (tertiary/aromatic N) is 1. The molecule has 0 aliphatic carbocycles. The van der Waals surface area contributed by atoms with E-state index in [1.165, 1.54) is 30.3 Å². The van der Waals surface area contributed by atoms with Crippen LogP contribution >= 0.6 is 0 Å². The first kappa shape index (κ1) is 16.4. The highest BCUT2D eigenvalue weighted by Crippen LogP contribution is 2.33. The normalized spacial score (nSPS) is 13.7. The number of rotatable bonds is 4. The van der Waals surface area contributed by atoms with E-state index < -0.39 is 10.0 Å². The van der Waals surface area contributed by atoms with Gasteiger partial charge in [-0.05, 0) is 56.2 Å². The predicted octanol–water partition coefficient (Wildman–Crippen LogP) is 2.84. The van der Waals surface area contributed by atoms with E-state index in [1.54, 1.807) is 30.3 Å². The summed E-state index contributed by atoms with van der Waals surface area (Å²) in [6.07, 6.45) is 0.558. The van der Waals surface area contributed by atoms with Crippen molar-refractivity contribution >= 4 is 27.3 Å². The van der Waals surface area contributed by atoms with Crippen LogP contribution in [0.5, 0.6) is 0 Å². The summed E-state index contributed by atoms with van der Waals surface area (Å²) in [5.41, 5.74) is 2.37. The van der Waals surface area contributed by atoms with E-state index in [0.29, 0.717) is 29.8 Å². The summed E-state index contributed by atoms with van der Waals surface area (Å²) in [7, 11) is -3.75. The van der Waals surface area contributed by atoms with Crippen molar-refractivity contribution in [3.8, 4) is 0 Å². The van der Waals surface area contributed by atoms with Crippen LogP contribution in [0.25, 0.3) is 0 Å². The van der Waals surface area contributed by atoms with Gasteiger partial charge in [0.25, 0.3) is 10.0 Å². The molecule has 0 bridgehead atoms. The third-order valence-electron chi connectivity index (χ3n) is 4.17. The van der Waals surface area contributed by atoms with Crippen LogP contribution in [-0.2, 0) is 16.4 Å². The average Bonchev–Trinajstić information content (AvgIpc) is 2.98. The number of hydrogen-bond acceptors (Lipinski definition) is 4. The van der Waals surface area contributed by atoms with Crippen LogP contribution in [-0.4, -0.2) is 26.5 Å². The monoisotopic (exact) mass is 343 g/mol. The fourth-order valence-corrected chi connectivity index (χ4v) is 4.39. The zero-order valence-electron chi connectivity index (χ0n) is 13.4. The highest BCUT2D eigenvalue weighted by Gasteiger charge is 2.31. The van der Waals surface area contributed by atoms with E-state index in [4.69, 9.17) is 0 Å². The maximum Gasteiger partial charge on any atom is 0.264 e. The fourth-order valence-electron chi connectivity index (χ4n) is 2.84. The third-order valence-corrected chi connectivity index (χ3v) is 5.98. The molecule has 24 heavy (non-hydrogen) atoms. The summed E-state index contributed by atoms with van der Waals surface area (Å²) in [6, 6.07) is 11.1. The van der Waals surface area contributed by atoms with Crippen molar-refractivity contribution in [1.82, 2.24) is 0 Å². The van der Waals surface area contributed by atoms with Crippen molar-refractivity contribution in [1.29, 1.82) is 0 Å². The number of anilines is 1. The predicted molar refractivity (Wildman–Crippen MR) is 91.1 cm³/mol. The van der Waals surface area contributed by atoms with Crippen LogP contribution < -0.4 is 4.31 Å². The van der Waals surface area contributed by atoms with Gasteiger partial charge in [-0.1, -0.05) is 12.1 Å². The third kappa shape index (κ3) is 2.73. The second-order valence-electron chi connectivity index (χ2n) is 5.81. The van der Waals surface area contributed by atoms with Gasteiger partial charge in [-0.3, -0.25) is 13.9 Å². The molecule has 0 atom stereocenters. The summed E-state index contributed by atoms with van der Waals surface area (Å²) in [5, 5.41) is 0. The Balaban J connectivity index is 2.03. The molecular weight excluding hydrogens is 326 g/mol. The Morgan fingerprint density at radius 1 is 0.958 bits per heavy atom. The lowest BCUT2D eigenvalue weighted by molar-refractivity contribution is 0.100. The zero-order chi connectivity index (χ0) is 17.5. The summed E-state index contributed by atoms with van der Waals surface area (Å²) >= 11 is 0. The van der Waals surface area contributed by atoms with E-state index in [2.05, 4.69) is 0 Å². The smallest absolute Gasteiger partial charge is 0.264 e. The molecular formula is C18H17NO4S. The molecule has 0 spiro atoms. The highest BCUT2D eigenvalue weighted by molar-refractivity contribution is 7.92. The number of carbonyl (C=O) groups is 2. The maximum absolute atomic E-state index is 12.9. The van der Waals surface area contributed by atoms with Gasteiger partial charge in [0, 0.05) is 17.7 Å². The molecule has 0 radical (unpaired) electrons. The number of Topliss-reactive ketones (excluding diaryl/α,β-unsaturated/α-hetero) is 2. The number of sulfonamides is 1. The SMILES string of the molecule is CC(=O)c1cccc(S(=O)(=O)N2CCc3cc(C(C)=O)ccc32)c1. The van der Waals surface area contributed by atoms with Crippen molar-refractivity contribution in [3.05, 3.63) is 59.2 Å². The standard InChI is InChI=1S/C18H17NO4S/c1-12(20)14-4-3-5-17(11-14)24(22,23)19-9-8-16-10-15(13(2)21)6-7-18(16)19/h3-7,10-11H,8-9H2,1-2H3. The molecule has 0 unspecified atom stereocenters. The molecule has 1 aliphatic rings. The lowest BCUT2D eigenvalue weighted by atomic mass is 10.1. The molecule has 1 heterocycles. The topological polar surface area (TPSA) is 71.5 Å². The average molecular weight is 343 g/mol. The van der Waals surface area contributed by atoms with Crippen molar-refractivity contribution < 1.29 is 18.0 Å². The van der Waals surface area contributed by atoms with E-state index in [0.717, 1.165) is 5.56 Å². The number of hydrogen-bond donors (Lipinski definition) is 0. The van der Waals surface area contributed by atoms with Crippen molar-refractivity contribution in [3.63, 3.8) is 0 Å². The van der Waals surface area contributed by atoms with Gasteiger partial charge in [-0.2, -0.15) is 0 Å². The van der Waals surface area contributed by atoms with Crippen molar-refractivity contribution in [2.24, 2.45) is 0 Å². The minimum absolute atomic E-state index is 0.0479. The molecule has 0 saturated heterocycles. The fraction of sp³-hybridized carbons (Fsp3) is 0.222. The minimum Gasteiger partial charge on any atom is -0.295 e. The van der Waals surface area contributed by atoms with Crippen LogP contribution in [0, 0.1) is 0 Å². The summed E-state index contributed by atoms with van der Waals surface area (Å²) in [5.74, 6) is -0.228. The molecule has 6 heteroatoms. The molecule has 2 aromatic rings. The molecule has 0 N–H and O–H groups in total. The first-order valence-corrected chi connectivity index (χ1v) is 9.02. The van der Waals surface area contributed by atoms with Crippen LogP contribution in [0.2, 0.25) is 0 Å². The number of ketones is 2. The first-order valence-electron chi connectivity index (χ1n) is 7.58. The largest absolute Gasteiger partial charge is 0.295 e.